The first-order valence-corrected chi connectivity index (χ1v) is 7.42. The molecule has 0 atom stereocenters. The van der Waals surface area contributed by atoms with E-state index < -0.39 is 0 Å². The highest BCUT2D eigenvalue weighted by molar-refractivity contribution is 8.01. The summed E-state index contributed by atoms with van der Waals surface area (Å²) in [6.45, 7) is -0.0957. The molecule has 0 unspecified atom stereocenters. The number of thiazole rings is 1. The topological polar surface area (TPSA) is 58.9 Å². The predicted octanol–water partition coefficient (Wildman–Crippen LogP) is 3.38. The highest BCUT2D eigenvalue weighted by Crippen LogP contribution is 2.36. The largest absolute Gasteiger partial charge is 0.391 e. The molecule has 96 valence electrons. The predicted molar refractivity (Wildman–Crippen MR) is 76.7 cm³/mol. The molecule has 0 spiro atoms. The lowest BCUT2D eigenvalue weighted by molar-refractivity contribution is 0.285. The summed E-state index contributed by atoms with van der Waals surface area (Å²) in [6.07, 6.45) is 1.53. The molecule has 0 bridgehead atoms. The molecule has 1 aromatic carbocycles. The zero-order valence-electron chi connectivity index (χ0n) is 9.58. The molecule has 0 aliphatic rings. The van der Waals surface area contributed by atoms with Gasteiger partial charge in [-0.05, 0) is 17.8 Å². The van der Waals surface area contributed by atoms with Crippen LogP contribution in [0.2, 0.25) is 5.15 Å². The number of aromatic nitrogens is 3. The molecule has 7 heteroatoms. The molecule has 0 aliphatic heterocycles. The van der Waals surface area contributed by atoms with Gasteiger partial charge in [0.2, 0.25) is 0 Å². The molecule has 19 heavy (non-hydrogen) atoms. The number of nitrogens with zero attached hydrogens (tertiary/aromatic N) is 3. The lowest BCUT2D eigenvalue weighted by Crippen LogP contribution is -1.85. The molecule has 0 saturated carbocycles. The number of rotatable bonds is 3. The van der Waals surface area contributed by atoms with Crippen LogP contribution in [0.4, 0.5) is 0 Å². The fraction of sp³-hybridized carbons (Fsp3) is 0.0833. The number of halogens is 1. The fourth-order valence-electron chi connectivity index (χ4n) is 1.60. The Bertz CT molecular complexity index is 727. The Morgan fingerprint density at radius 2 is 2.11 bits per heavy atom. The Morgan fingerprint density at radius 1 is 1.26 bits per heavy atom. The highest BCUT2D eigenvalue weighted by atomic mass is 35.5. The van der Waals surface area contributed by atoms with Crippen molar-refractivity contribution in [2.24, 2.45) is 0 Å². The van der Waals surface area contributed by atoms with Crippen LogP contribution in [-0.2, 0) is 6.61 Å². The Balaban J connectivity index is 2.00. The van der Waals surface area contributed by atoms with Crippen molar-refractivity contribution in [1.82, 2.24) is 15.0 Å². The number of fused-ring (bicyclic) bond motifs is 1. The quantitative estimate of drug-likeness (QED) is 0.752. The monoisotopic (exact) mass is 309 g/mol. The number of para-hydroxylation sites is 1. The maximum Gasteiger partial charge on any atom is 0.158 e. The van der Waals surface area contributed by atoms with Crippen molar-refractivity contribution >= 4 is 45.6 Å². The van der Waals surface area contributed by atoms with Gasteiger partial charge in [-0.25, -0.2) is 15.0 Å². The molecule has 2 heterocycles. The third-order valence-electron chi connectivity index (χ3n) is 2.46. The summed E-state index contributed by atoms with van der Waals surface area (Å²) < 4.78 is 0.762. The van der Waals surface area contributed by atoms with Crippen LogP contribution in [-0.4, -0.2) is 20.1 Å². The minimum Gasteiger partial charge on any atom is -0.391 e. The number of benzene rings is 1. The Morgan fingerprint density at radius 3 is 2.89 bits per heavy atom. The zero-order valence-corrected chi connectivity index (χ0v) is 12.0. The first kappa shape index (κ1) is 12.8. The van der Waals surface area contributed by atoms with E-state index in [-0.39, 0.29) is 6.61 Å². The molecule has 0 radical (unpaired) electrons. The average molecular weight is 310 g/mol. The summed E-state index contributed by atoms with van der Waals surface area (Å²) in [7, 11) is 0. The maximum atomic E-state index is 9.12. The minimum atomic E-state index is -0.0957. The summed E-state index contributed by atoms with van der Waals surface area (Å²) in [4.78, 5) is 13.4. The van der Waals surface area contributed by atoms with E-state index in [1.165, 1.54) is 29.4 Å². The maximum absolute atomic E-state index is 9.12. The number of hydrogen-bond acceptors (Lipinski definition) is 6. The van der Waals surface area contributed by atoms with Crippen LogP contribution in [0, 0.1) is 0 Å². The van der Waals surface area contributed by atoms with Gasteiger partial charge in [-0.3, -0.25) is 0 Å². The molecule has 0 fully saturated rings. The molecular weight excluding hydrogens is 302 g/mol. The van der Waals surface area contributed by atoms with Crippen molar-refractivity contribution in [3.63, 3.8) is 0 Å². The van der Waals surface area contributed by atoms with Crippen LogP contribution in [0.3, 0.4) is 0 Å². The summed E-state index contributed by atoms with van der Waals surface area (Å²) in [5.41, 5.74) is 0.894. The van der Waals surface area contributed by atoms with E-state index in [1.807, 2.05) is 24.3 Å². The molecule has 4 nitrogen and oxygen atoms in total. The van der Waals surface area contributed by atoms with Gasteiger partial charge >= 0.3 is 0 Å². The van der Waals surface area contributed by atoms with Crippen molar-refractivity contribution in [3.8, 4) is 0 Å². The third kappa shape index (κ3) is 2.57. The lowest BCUT2D eigenvalue weighted by Gasteiger charge is -2.01. The van der Waals surface area contributed by atoms with Gasteiger partial charge in [0.1, 0.15) is 16.5 Å². The first-order chi connectivity index (χ1) is 9.28. The van der Waals surface area contributed by atoms with E-state index >= 15 is 0 Å². The molecule has 3 rings (SSSR count). The van der Waals surface area contributed by atoms with E-state index in [0.29, 0.717) is 10.0 Å². The van der Waals surface area contributed by atoms with Crippen molar-refractivity contribution in [2.45, 2.75) is 16.0 Å². The average Bonchev–Trinajstić information content (AvgIpc) is 2.79. The Hall–Kier alpha value is -1.21. The summed E-state index contributed by atoms with van der Waals surface area (Å²) in [5, 5.41) is 11.3. The fourth-order valence-corrected chi connectivity index (χ4v) is 3.89. The van der Waals surface area contributed by atoms with Crippen molar-refractivity contribution in [1.29, 1.82) is 0 Å². The van der Waals surface area contributed by atoms with Gasteiger partial charge in [-0.2, -0.15) is 0 Å². The van der Waals surface area contributed by atoms with Gasteiger partial charge in [0.15, 0.2) is 4.34 Å². The molecule has 3 aromatic rings. The van der Waals surface area contributed by atoms with Gasteiger partial charge in [0.25, 0.3) is 0 Å². The van der Waals surface area contributed by atoms with Crippen molar-refractivity contribution < 1.29 is 5.11 Å². The SMILES string of the molecule is OCc1sc(Sc2ncnc3ccccc23)nc1Cl. The second-order valence-electron chi connectivity index (χ2n) is 3.65. The summed E-state index contributed by atoms with van der Waals surface area (Å²) in [5.74, 6) is 0. The van der Waals surface area contributed by atoms with Crippen LogP contribution in [0.15, 0.2) is 40.0 Å². The van der Waals surface area contributed by atoms with Gasteiger partial charge in [0, 0.05) is 5.39 Å². The second-order valence-corrected chi connectivity index (χ2v) is 6.33. The van der Waals surface area contributed by atoms with E-state index in [4.69, 9.17) is 16.7 Å². The number of aliphatic hydroxyl groups excluding tert-OH is 1. The summed E-state index contributed by atoms with van der Waals surface area (Å²) >= 11 is 8.72. The number of hydrogen-bond donors (Lipinski definition) is 1. The highest BCUT2D eigenvalue weighted by Gasteiger charge is 2.12. The number of aliphatic hydroxyl groups is 1. The van der Waals surface area contributed by atoms with Crippen LogP contribution in [0.1, 0.15) is 4.88 Å². The molecule has 1 N–H and O–H groups in total. The van der Waals surface area contributed by atoms with Crippen LogP contribution < -0.4 is 0 Å². The molecule has 0 amide bonds. The van der Waals surface area contributed by atoms with Gasteiger partial charge in [-0.15, -0.1) is 11.3 Å². The Labute approximate surface area is 122 Å². The zero-order chi connectivity index (χ0) is 13.2. The first-order valence-electron chi connectivity index (χ1n) is 5.41. The van der Waals surface area contributed by atoms with Crippen LogP contribution in [0.25, 0.3) is 10.9 Å². The minimum absolute atomic E-state index is 0.0957. The lowest BCUT2D eigenvalue weighted by atomic mass is 10.2. The van der Waals surface area contributed by atoms with E-state index in [9.17, 15) is 0 Å². The van der Waals surface area contributed by atoms with Crippen LogP contribution in [0.5, 0.6) is 0 Å². The van der Waals surface area contributed by atoms with Gasteiger partial charge in [-0.1, -0.05) is 29.8 Å². The summed E-state index contributed by atoms with van der Waals surface area (Å²) in [6, 6.07) is 7.80. The van der Waals surface area contributed by atoms with E-state index in [2.05, 4.69) is 15.0 Å². The van der Waals surface area contributed by atoms with Gasteiger partial charge in [0.05, 0.1) is 17.0 Å². The van der Waals surface area contributed by atoms with Crippen molar-refractivity contribution in [2.75, 3.05) is 0 Å². The van der Waals surface area contributed by atoms with E-state index in [0.717, 1.165) is 20.3 Å². The van der Waals surface area contributed by atoms with Crippen molar-refractivity contribution in [3.05, 3.63) is 40.6 Å². The van der Waals surface area contributed by atoms with E-state index in [1.54, 1.807) is 0 Å². The van der Waals surface area contributed by atoms with Gasteiger partial charge < -0.3 is 5.11 Å². The third-order valence-corrected chi connectivity index (χ3v) is 5.01. The van der Waals surface area contributed by atoms with Crippen LogP contribution >= 0.6 is 34.7 Å². The molecule has 0 saturated heterocycles. The molecule has 2 aromatic heterocycles. The standard InChI is InChI=1S/C12H8ClN3OS2/c13-10-9(5-17)18-12(16-10)19-11-7-3-1-2-4-8(7)14-6-15-11/h1-4,6,17H,5H2. The molecular formula is C12H8ClN3OS2. The normalized spacial score (nSPS) is 11.1. The Kier molecular flexibility index (Phi) is 3.65. The molecule has 0 aliphatic carbocycles. The second kappa shape index (κ2) is 5.42. The smallest absolute Gasteiger partial charge is 0.158 e.